The fraction of sp³-hybridized carbons (Fsp3) is 0.533. The first kappa shape index (κ1) is 16.8. The average Bonchev–Trinajstić information content (AvgIpc) is 2.32. The van der Waals surface area contributed by atoms with Crippen LogP contribution in [0.25, 0.3) is 0 Å². The molecule has 1 rings (SSSR count). The summed E-state index contributed by atoms with van der Waals surface area (Å²) in [6.45, 7) is 6.81. The minimum Gasteiger partial charge on any atom is -0.399 e. The van der Waals surface area contributed by atoms with Crippen LogP contribution in [0.15, 0.2) is 18.2 Å². The number of amides is 1. The molecule has 0 saturated heterocycles. The average molecular weight is 298 g/mol. The number of carbonyl (C=O) groups is 1. The first-order valence-corrected chi connectivity index (χ1v) is 7.22. The smallest absolute Gasteiger partial charge is 0.238 e. The van der Waals surface area contributed by atoms with E-state index in [1.165, 1.54) is 0 Å². The third-order valence-electron chi connectivity index (χ3n) is 3.22. The van der Waals surface area contributed by atoms with Gasteiger partial charge in [-0.25, -0.2) is 0 Å². The number of carbonyl (C=O) groups excluding carboxylic acids is 1. The van der Waals surface area contributed by atoms with E-state index in [9.17, 15) is 4.79 Å². The standard InChI is InChI=1S/C15H24ClN3O/c1-10(2)7-11(3)19(4)9-15(20)18-14-8-12(17)5-6-13(14)16/h5-6,8,10-11H,7,9,17H2,1-4H3,(H,18,20). The Morgan fingerprint density at radius 1 is 1.40 bits per heavy atom. The Morgan fingerprint density at radius 3 is 2.65 bits per heavy atom. The molecule has 0 radical (unpaired) electrons. The molecular weight excluding hydrogens is 274 g/mol. The van der Waals surface area contributed by atoms with Gasteiger partial charge in [-0.1, -0.05) is 25.4 Å². The van der Waals surface area contributed by atoms with Crippen molar-refractivity contribution < 1.29 is 4.79 Å². The van der Waals surface area contributed by atoms with Crippen LogP contribution in [0.3, 0.4) is 0 Å². The monoisotopic (exact) mass is 297 g/mol. The van der Waals surface area contributed by atoms with Crippen LogP contribution in [0.5, 0.6) is 0 Å². The zero-order valence-electron chi connectivity index (χ0n) is 12.6. The molecule has 0 aliphatic heterocycles. The normalized spacial score (nSPS) is 12.8. The molecule has 4 nitrogen and oxygen atoms in total. The lowest BCUT2D eigenvalue weighted by atomic mass is 10.0. The lowest BCUT2D eigenvalue weighted by Gasteiger charge is -2.25. The van der Waals surface area contributed by atoms with Crippen LogP contribution < -0.4 is 11.1 Å². The molecule has 1 aromatic carbocycles. The Balaban J connectivity index is 2.57. The minimum atomic E-state index is -0.0874. The van der Waals surface area contributed by atoms with Crippen LogP contribution in [-0.2, 0) is 4.79 Å². The molecule has 0 spiro atoms. The maximum Gasteiger partial charge on any atom is 0.238 e. The maximum absolute atomic E-state index is 12.0. The van der Waals surface area contributed by atoms with Crippen molar-refractivity contribution in [2.75, 3.05) is 24.6 Å². The fourth-order valence-electron chi connectivity index (χ4n) is 2.07. The number of likely N-dealkylation sites (N-methyl/N-ethyl adjacent to an activating group) is 1. The van der Waals surface area contributed by atoms with Gasteiger partial charge < -0.3 is 11.1 Å². The van der Waals surface area contributed by atoms with Crippen molar-refractivity contribution in [3.05, 3.63) is 23.2 Å². The zero-order chi connectivity index (χ0) is 15.3. The molecule has 0 saturated carbocycles. The highest BCUT2D eigenvalue weighted by Crippen LogP contribution is 2.24. The summed E-state index contributed by atoms with van der Waals surface area (Å²) in [5.74, 6) is 0.523. The predicted octanol–water partition coefficient (Wildman–Crippen LogP) is 3.23. The van der Waals surface area contributed by atoms with Crippen LogP contribution in [0.2, 0.25) is 5.02 Å². The van der Waals surface area contributed by atoms with Crippen LogP contribution in [0, 0.1) is 5.92 Å². The van der Waals surface area contributed by atoms with Crippen molar-refractivity contribution in [1.82, 2.24) is 4.90 Å². The Morgan fingerprint density at radius 2 is 2.05 bits per heavy atom. The Kier molecular flexibility index (Phi) is 6.30. The molecule has 0 aromatic heterocycles. The quantitative estimate of drug-likeness (QED) is 0.793. The maximum atomic E-state index is 12.0. The molecule has 1 atom stereocenters. The van der Waals surface area contributed by atoms with Crippen molar-refractivity contribution in [1.29, 1.82) is 0 Å². The molecule has 0 fully saturated rings. The van der Waals surface area contributed by atoms with Crippen LogP contribution in [-0.4, -0.2) is 30.4 Å². The number of anilines is 2. The Bertz CT molecular complexity index is 462. The van der Waals surface area contributed by atoms with Gasteiger partial charge in [-0.05, 0) is 44.5 Å². The van der Waals surface area contributed by atoms with E-state index in [-0.39, 0.29) is 5.91 Å². The summed E-state index contributed by atoms with van der Waals surface area (Å²) in [5.41, 5.74) is 6.82. The lowest BCUT2D eigenvalue weighted by Crippen LogP contribution is -2.37. The summed E-state index contributed by atoms with van der Waals surface area (Å²) in [5, 5.41) is 3.29. The highest BCUT2D eigenvalue weighted by molar-refractivity contribution is 6.33. The number of hydrogen-bond acceptors (Lipinski definition) is 3. The van der Waals surface area contributed by atoms with Gasteiger partial charge in [0.15, 0.2) is 0 Å². The van der Waals surface area contributed by atoms with Gasteiger partial charge in [0.1, 0.15) is 0 Å². The van der Waals surface area contributed by atoms with E-state index in [1.807, 2.05) is 11.9 Å². The second-order valence-electron chi connectivity index (χ2n) is 5.68. The second-order valence-corrected chi connectivity index (χ2v) is 6.09. The molecule has 112 valence electrons. The topological polar surface area (TPSA) is 58.4 Å². The number of nitrogens with two attached hydrogens (primary N) is 1. The van der Waals surface area contributed by atoms with Gasteiger partial charge in [0.2, 0.25) is 5.91 Å². The van der Waals surface area contributed by atoms with Crippen molar-refractivity contribution in [2.45, 2.75) is 33.2 Å². The minimum absolute atomic E-state index is 0.0874. The third-order valence-corrected chi connectivity index (χ3v) is 3.55. The summed E-state index contributed by atoms with van der Waals surface area (Å²) >= 11 is 6.02. The second kappa shape index (κ2) is 7.50. The van der Waals surface area contributed by atoms with Gasteiger partial charge in [-0.3, -0.25) is 9.69 Å². The molecule has 0 heterocycles. The number of nitrogen functional groups attached to an aromatic ring is 1. The number of benzene rings is 1. The number of nitrogens with one attached hydrogen (secondary N) is 1. The van der Waals surface area contributed by atoms with Gasteiger partial charge in [0.05, 0.1) is 17.3 Å². The highest BCUT2D eigenvalue weighted by Gasteiger charge is 2.15. The van der Waals surface area contributed by atoms with Crippen molar-refractivity contribution in [2.24, 2.45) is 5.92 Å². The van der Waals surface area contributed by atoms with Crippen LogP contribution in [0.1, 0.15) is 27.2 Å². The summed E-state index contributed by atoms with van der Waals surface area (Å²) in [7, 11) is 1.95. The molecule has 20 heavy (non-hydrogen) atoms. The number of halogens is 1. The SMILES string of the molecule is CC(C)CC(C)N(C)CC(=O)Nc1cc(N)ccc1Cl. The summed E-state index contributed by atoms with van der Waals surface area (Å²) in [4.78, 5) is 14.1. The van der Waals surface area contributed by atoms with E-state index in [0.717, 1.165) is 6.42 Å². The number of rotatable bonds is 6. The van der Waals surface area contributed by atoms with E-state index < -0.39 is 0 Å². The van der Waals surface area contributed by atoms with Gasteiger partial charge in [-0.2, -0.15) is 0 Å². The molecule has 0 bridgehead atoms. The zero-order valence-corrected chi connectivity index (χ0v) is 13.4. The van der Waals surface area contributed by atoms with Gasteiger partial charge in [-0.15, -0.1) is 0 Å². The van der Waals surface area contributed by atoms with Crippen molar-refractivity contribution in [3.8, 4) is 0 Å². The van der Waals surface area contributed by atoms with Crippen LogP contribution in [0.4, 0.5) is 11.4 Å². The molecule has 5 heteroatoms. The molecule has 1 amide bonds. The van der Waals surface area contributed by atoms with Gasteiger partial charge in [0, 0.05) is 11.7 Å². The van der Waals surface area contributed by atoms with Crippen molar-refractivity contribution >= 4 is 28.9 Å². The van der Waals surface area contributed by atoms with E-state index in [1.54, 1.807) is 18.2 Å². The molecule has 3 N–H and O–H groups in total. The molecule has 0 aliphatic rings. The summed E-state index contributed by atoms with van der Waals surface area (Å²) in [6.07, 6.45) is 1.06. The van der Waals surface area contributed by atoms with E-state index >= 15 is 0 Å². The summed E-state index contributed by atoms with van der Waals surface area (Å²) in [6, 6.07) is 5.40. The Hall–Kier alpha value is -1.26. The van der Waals surface area contributed by atoms with Crippen molar-refractivity contribution in [3.63, 3.8) is 0 Å². The number of nitrogens with zero attached hydrogens (tertiary/aromatic N) is 1. The molecule has 0 aliphatic carbocycles. The van der Waals surface area contributed by atoms with E-state index in [2.05, 4.69) is 26.1 Å². The first-order chi connectivity index (χ1) is 9.29. The van der Waals surface area contributed by atoms with E-state index in [0.29, 0.717) is 34.9 Å². The molecule has 1 aromatic rings. The van der Waals surface area contributed by atoms with Gasteiger partial charge >= 0.3 is 0 Å². The fourth-order valence-corrected chi connectivity index (χ4v) is 2.24. The summed E-state index contributed by atoms with van der Waals surface area (Å²) < 4.78 is 0. The predicted molar refractivity (Wildman–Crippen MR) is 86.0 cm³/mol. The Labute approximate surface area is 126 Å². The highest BCUT2D eigenvalue weighted by atomic mass is 35.5. The lowest BCUT2D eigenvalue weighted by molar-refractivity contribution is -0.117. The largest absolute Gasteiger partial charge is 0.399 e. The number of hydrogen-bond donors (Lipinski definition) is 2. The third kappa shape index (κ3) is 5.39. The molecular formula is C15H24ClN3O. The molecule has 1 unspecified atom stereocenters. The first-order valence-electron chi connectivity index (χ1n) is 6.84. The van der Waals surface area contributed by atoms with E-state index in [4.69, 9.17) is 17.3 Å². The van der Waals surface area contributed by atoms with Crippen LogP contribution >= 0.6 is 11.6 Å². The van der Waals surface area contributed by atoms with Gasteiger partial charge in [0.25, 0.3) is 0 Å².